The highest BCUT2D eigenvalue weighted by Gasteiger charge is 2.12. The summed E-state index contributed by atoms with van der Waals surface area (Å²) >= 11 is 0. The Morgan fingerprint density at radius 3 is 2.67 bits per heavy atom. The number of aromatic nitrogens is 3. The molecule has 2 aromatic carbocycles. The van der Waals surface area contributed by atoms with Crippen molar-refractivity contribution in [2.75, 3.05) is 10.6 Å². The van der Waals surface area contributed by atoms with Gasteiger partial charge in [0.15, 0.2) is 0 Å². The molecule has 0 fully saturated rings. The number of carbonyl (C=O) groups is 2. The van der Waals surface area contributed by atoms with Crippen LogP contribution in [0.4, 0.5) is 11.4 Å². The molecule has 0 unspecified atom stereocenters. The van der Waals surface area contributed by atoms with Crippen LogP contribution in [-0.4, -0.2) is 31.7 Å². The van der Waals surface area contributed by atoms with E-state index in [0.29, 0.717) is 23.5 Å². The molecule has 0 bridgehead atoms. The van der Waals surface area contributed by atoms with Crippen molar-refractivity contribution in [1.82, 2.24) is 14.8 Å². The van der Waals surface area contributed by atoms with Crippen LogP contribution in [0, 0.1) is 0 Å². The third-order valence-electron chi connectivity index (χ3n) is 4.71. The standard InChI is InChI=1S/C22H19N5O3/c1-27-20-10-16(8-7-15(20)13-25-27)26-21(28)17-4-2-3-5-18(17)23-11-14-6-9-19(22(29)30)24-12-14/h2-10,12-13,23H,11H2,1H3,(H,26,28)(H,29,30). The van der Waals surface area contributed by atoms with Crippen molar-refractivity contribution in [1.29, 1.82) is 0 Å². The number of nitrogens with zero attached hydrogens (tertiary/aromatic N) is 3. The van der Waals surface area contributed by atoms with Gasteiger partial charge >= 0.3 is 5.97 Å². The number of benzene rings is 2. The summed E-state index contributed by atoms with van der Waals surface area (Å²) in [4.78, 5) is 27.7. The Morgan fingerprint density at radius 2 is 1.90 bits per heavy atom. The summed E-state index contributed by atoms with van der Waals surface area (Å²) in [6, 6.07) is 16.0. The van der Waals surface area contributed by atoms with Gasteiger partial charge in [0, 0.05) is 36.6 Å². The average Bonchev–Trinajstić information content (AvgIpc) is 3.13. The lowest BCUT2D eigenvalue weighted by Crippen LogP contribution is -2.15. The first-order chi connectivity index (χ1) is 14.5. The van der Waals surface area contributed by atoms with Gasteiger partial charge in [0.1, 0.15) is 5.69 Å². The maximum atomic E-state index is 12.9. The summed E-state index contributed by atoms with van der Waals surface area (Å²) in [5.74, 6) is -1.31. The fraction of sp³-hybridized carbons (Fsp3) is 0.0909. The van der Waals surface area contributed by atoms with Gasteiger partial charge in [0.2, 0.25) is 0 Å². The van der Waals surface area contributed by atoms with Gasteiger partial charge in [-0.05, 0) is 42.0 Å². The van der Waals surface area contributed by atoms with Crippen LogP contribution in [0.5, 0.6) is 0 Å². The van der Waals surface area contributed by atoms with Crippen LogP contribution in [-0.2, 0) is 13.6 Å². The minimum Gasteiger partial charge on any atom is -0.477 e. The first kappa shape index (κ1) is 19.1. The second-order valence-corrected chi connectivity index (χ2v) is 6.75. The Bertz CT molecular complexity index is 1230. The van der Waals surface area contributed by atoms with Gasteiger partial charge in [-0.1, -0.05) is 18.2 Å². The summed E-state index contributed by atoms with van der Waals surface area (Å²) in [6.45, 7) is 0.401. The number of amides is 1. The average molecular weight is 401 g/mol. The van der Waals surface area contributed by atoms with Crippen molar-refractivity contribution in [2.45, 2.75) is 6.54 Å². The van der Waals surface area contributed by atoms with E-state index in [2.05, 4.69) is 20.7 Å². The molecule has 150 valence electrons. The quantitative estimate of drug-likeness (QED) is 0.456. The lowest BCUT2D eigenvalue weighted by molar-refractivity contribution is 0.0690. The normalized spacial score (nSPS) is 10.7. The molecule has 2 heterocycles. The number of aromatic carboxylic acids is 1. The molecule has 0 atom stereocenters. The number of para-hydroxylation sites is 1. The van der Waals surface area contributed by atoms with Crippen LogP contribution in [0.2, 0.25) is 0 Å². The second kappa shape index (κ2) is 8.04. The van der Waals surface area contributed by atoms with Gasteiger partial charge in [0.25, 0.3) is 5.91 Å². The summed E-state index contributed by atoms with van der Waals surface area (Å²) in [6.07, 6.45) is 3.28. The van der Waals surface area contributed by atoms with Gasteiger partial charge in [-0.3, -0.25) is 9.48 Å². The number of fused-ring (bicyclic) bond motifs is 1. The number of aryl methyl sites for hydroxylation is 1. The highest BCUT2D eigenvalue weighted by molar-refractivity contribution is 6.08. The molecule has 1 amide bonds. The van der Waals surface area contributed by atoms with E-state index < -0.39 is 5.97 Å². The van der Waals surface area contributed by atoms with E-state index in [1.807, 2.05) is 37.4 Å². The van der Waals surface area contributed by atoms with E-state index in [-0.39, 0.29) is 11.6 Å². The number of carboxylic acid groups (broad SMARTS) is 1. The lowest BCUT2D eigenvalue weighted by atomic mass is 10.1. The van der Waals surface area contributed by atoms with Crippen molar-refractivity contribution < 1.29 is 14.7 Å². The maximum Gasteiger partial charge on any atom is 0.354 e. The number of rotatable bonds is 6. The molecule has 30 heavy (non-hydrogen) atoms. The smallest absolute Gasteiger partial charge is 0.354 e. The van der Waals surface area contributed by atoms with Gasteiger partial charge < -0.3 is 15.7 Å². The number of anilines is 2. The van der Waals surface area contributed by atoms with E-state index in [9.17, 15) is 9.59 Å². The molecule has 2 aromatic heterocycles. The van der Waals surface area contributed by atoms with E-state index in [1.54, 1.807) is 29.1 Å². The van der Waals surface area contributed by atoms with E-state index >= 15 is 0 Å². The van der Waals surface area contributed by atoms with Crippen LogP contribution < -0.4 is 10.6 Å². The molecule has 0 radical (unpaired) electrons. The van der Waals surface area contributed by atoms with Crippen LogP contribution in [0.15, 0.2) is 67.0 Å². The summed E-state index contributed by atoms with van der Waals surface area (Å²) in [5, 5.41) is 20.3. The third kappa shape index (κ3) is 3.97. The predicted octanol–water partition coefficient (Wildman–Crippen LogP) is 3.53. The Kier molecular flexibility index (Phi) is 5.13. The van der Waals surface area contributed by atoms with Crippen molar-refractivity contribution >= 4 is 34.2 Å². The first-order valence-electron chi connectivity index (χ1n) is 9.25. The number of hydrogen-bond donors (Lipinski definition) is 3. The minimum absolute atomic E-state index is 0.0103. The highest BCUT2D eigenvalue weighted by Crippen LogP contribution is 2.21. The van der Waals surface area contributed by atoms with E-state index in [1.165, 1.54) is 12.3 Å². The fourth-order valence-corrected chi connectivity index (χ4v) is 3.11. The third-order valence-corrected chi connectivity index (χ3v) is 4.71. The van der Waals surface area contributed by atoms with Crippen molar-refractivity contribution in [3.8, 4) is 0 Å². The van der Waals surface area contributed by atoms with Crippen molar-refractivity contribution in [3.63, 3.8) is 0 Å². The zero-order valence-electron chi connectivity index (χ0n) is 16.2. The number of hydrogen-bond acceptors (Lipinski definition) is 5. The number of carboxylic acids is 1. The largest absolute Gasteiger partial charge is 0.477 e. The van der Waals surface area contributed by atoms with E-state index in [0.717, 1.165) is 16.5 Å². The first-order valence-corrected chi connectivity index (χ1v) is 9.25. The van der Waals surface area contributed by atoms with Crippen molar-refractivity contribution in [2.24, 2.45) is 7.05 Å². The molecule has 3 N–H and O–H groups in total. The maximum absolute atomic E-state index is 12.9. The minimum atomic E-state index is -1.07. The van der Waals surface area contributed by atoms with Gasteiger partial charge in [-0.2, -0.15) is 5.10 Å². The summed E-state index contributed by atoms with van der Waals surface area (Å²) < 4.78 is 1.75. The molecule has 0 spiro atoms. The second-order valence-electron chi connectivity index (χ2n) is 6.75. The molecule has 0 aliphatic heterocycles. The molecule has 0 aliphatic carbocycles. The molecule has 8 heteroatoms. The lowest BCUT2D eigenvalue weighted by Gasteiger charge is -2.12. The van der Waals surface area contributed by atoms with Gasteiger partial charge in [-0.25, -0.2) is 9.78 Å². The number of carbonyl (C=O) groups excluding carboxylic acids is 1. The molecule has 4 rings (SSSR count). The zero-order valence-corrected chi connectivity index (χ0v) is 16.2. The van der Waals surface area contributed by atoms with Crippen LogP contribution in [0.25, 0.3) is 10.9 Å². The monoisotopic (exact) mass is 401 g/mol. The Labute approximate surface area is 172 Å². The topological polar surface area (TPSA) is 109 Å². The van der Waals surface area contributed by atoms with Gasteiger partial charge in [-0.15, -0.1) is 0 Å². The van der Waals surface area contributed by atoms with Gasteiger partial charge in [0.05, 0.1) is 17.3 Å². The molecule has 0 aliphatic rings. The Balaban J connectivity index is 1.49. The zero-order chi connectivity index (χ0) is 21.1. The molecule has 8 nitrogen and oxygen atoms in total. The van der Waals surface area contributed by atoms with Crippen molar-refractivity contribution in [3.05, 3.63) is 83.8 Å². The summed E-state index contributed by atoms with van der Waals surface area (Å²) in [5.41, 5.74) is 3.56. The SMILES string of the molecule is Cn1ncc2ccc(NC(=O)c3ccccc3NCc3ccc(C(=O)O)nc3)cc21. The Hall–Kier alpha value is -4.20. The molecular formula is C22H19N5O3. The van der Waals surface area contributed by atoms with Crippen LogP contribution in [0.1, 0.15) is 26.4 Å². The molecule has 0 saturated carbocycles. The molecular weight excluding hydrogens is 382 g/mol. The van der Waals surface area contributed by atoms with Crippen LogP contribution in [0.3, 0.4) is 0 Å². The predicted molar refractivity (Wildman–Crippen MR) is 114 cm³/mol. The highest BCUT2D eigenvalue weighted by atomic mass is 16.4. The molecule has 4 aromatic rings. The fourth-order valence-electron chi connectivity index (χ4n) is 3.11. The Morgan fingerprint density at radius 1 is 1.07 bits per heavy atom. The number of nitrogens with one attached hydrogen (secondary N) is 2. The summed E-state index contributed by atoms with van der Waals surface area (Å²) in [7, 11) is 1.85. The van der Waals surface area contributed by atoms with Crippen LogP contribution >= 0.6 is 0 Å². The molecule has 0 saturated heterocycles. The van der Waals surface area contributed by atoms with E-state index in [4.69, 9.17) is 5.11 Å². The number of pyridine rings is 1.